The average molecular weight is 374 g/mol. The van der Waals surface area contributed by atoms with Crippen LogP contribution in [-0.2, 0) is 16.8 Å². The summed E-state index contributed by atoms with van der Waals surface area (Å²) in [6, 6.07) is 0.526. The minimum Gasteiger partial charge on any atom is -0.381 e. The summed E-state index contributed by atoms with van der Waals surface area (Å²) in [6.45, 7) is 8.06. The first-order valence-corrected chi connectivity index (χ1v) is 10.0. The first-order valence-electron chi connectivity index (χ1n) is 10.0. The molecule has 1 aromatic rings. The summed E-state index contributed by atoms with van der Waals surface area (Å²) >= 11 is 0. The Morgan fingerprint density at radius 1 is 1.30 bits per heavy atom. The number of ether oxygens (including phenoxy) is 1. The lowest BCUT2D eigenvalue weighted by atomic mass is 9.97. The predicted octanol–water partition coefficient (Wildman–Crippen LogP) is 1.58. The number of hydrogen-bond acceptors (Lipinski definition) is 6. The van der Waals surface area contributed by atoms with E-state index in [-0.39, 0.29) is 12.1 Å². The van der Waals surface area contributed by atoms with E-state index in [4.69, 9.17) is 9.72 Å². The van der Waals surface area contributed by atoms with Crippen LogP contribution in [0.4, 0.5) is 10.7 Å². The van der Waals surface area contributed by atoms with E-state index in [0.29, 0.717) is 18.5 Å². The third-order valence-electron chi connectivity index (χ3n) is 5.93. The highest BCUT2D eigenvalue weighted by Gasteiger charge is 2.42. The molecule has 0 radical (unpaired) electrons. The Morgan fingerprint density at radius 2 is 2.11 bits per heavy atom. The fraction of sp³-hybridized carbons (Fsp3) is 0.737. The third-order valence-corrected chi connectivity index (χ3v) is 5.93. The Hall–Kier alpha value is -1.93. The molecule has 0 bridgehead atoms. The summed E-state index contributed by atoms with van der Waals surface area (Å²) in [6.07, 6.45) is 5.94. The Balaban J connectivity index is 1.45. The van der Waals surface area contributed by atoms with Crippen molar-refractivity contribution in [3.8, 4) is 0 Å². The van der Waals surface area contributed by atoms with Crippen LogP contribution in [0, 0.1) is 0 Å². The molecule has 1 aromatic heterocycles. The van der Waals surface area contributed by atoms with Gasteiger partial charge in [-0.3, -0.25) is 0 Å². The number of hydrogen-bond donors (Lipinski definition) is 3. The molecule has 0 aromatic carbocycles. The smallest absolute Gasteiger partial charge is 0.318 e. The highest BCUT2D eigenvalue weighted by Crippen LogP contribution is 2.37. The summed E-state index contributed by atoms with van der Waals surface area (Å²) in [4.78, 5) is 24.0. The lowest BCUT2D eigenvalue weighted by molar-refractivity contribution is 0.0903. The standard InChI is InChI=1S/C19H30N6O2/c1-19(2)15-11-21-17(22-13-5-8-27-9-6-13)24-16(15)12-25(19)18(26)23-14-4-3-7-20-10-14/h11,13-14,20H,3-10,12H2,1-2H3,(H,23,26)(H,21,22,24)/t14-/m0/s1. The second-order valence-corrected chi connectivity index (χ2v) is 8.22. The SMILES string of the molecule is CC1(C)c2cnc(NC3CCOCC3)nc2CN1C(=O)N[C@H]1CCCNC1. The number of nitrogens with one attached hydrogen (secondary N) is 3. The molecule has 0 unspecified atom stereocenters. The number of carbonyl (C=O) groups is 1. The number of nitrogens with zero attached hydrogens (tertiary/aromatic N) is 3. The zero-order valence-electron chi connectivity index (χ0n) is 16.3. The van der Waals surface area contributed by atoms with Gasteiger partial charge in [0, 0.05) is 43.6 Å². The molecule has 0 saturated carbocycles. The first-order chi connectivity index (χ1) is 13.0. The predicted molar refractivity (Wildman–Crippen MR) is 102 cm³/mol. The van der Waals surface area contributed by atoms with Crippen molar-refractivity contribution in [2.24, 2.45) is 0 Å². The molecule has 3 aliphatic rings. The highest BCUT2D eigenvalue weighted by molar-refractivity contribution is 5.76. The van der Waals surface area contributed by atoms with Crippen molar-refractivity contribution >= 4 is 12.0 Å². The molecule has 3 N–H and O–H groups in total. The quantitative estimate of drug-likeness (QED) is 0.744. The topological polar surface area (TPSA) is 91.4 Å². The molecule has 8 heteroatoms. The molecule has 2 saturated heterocycles. The van der Waals surface area contributed by atoms with Gasteiger partial charge >= 0.3 is 6.03 Å². The van der Waals surface area contributed by atoms with E-state index in [1.165, 1.54) is 0 Å². The van der Waals surface area contributed by atoms with Crippen molar-refractivity contribution in [3.05, 3.63) is 17.5 Å². The van der Waals surface area contributed by atoms with Crippen molar-refractivity contribution in [1.29, 1.82) is 0 Å². The van der Waals surface area contributed by atoms with E-state index in [9.17, 15) is 4.79 Å². The van der Waals surface area contributed by atoms with E-state index in [2.05, 4.69) is 34.8 Å². The Morgan fingerprint density at radius 3 is 2.85 bits per heavy atom. The van der Waals surface area contributed by atoms with Crippen LogP contribution >= 0.6 is 0 Å². The fourth-order valence-corrected chi connectivity index (χ4v) is 4.19. The Bertz CT molecular complexity index is 683. The van der Waals surface area contributed by atoms with Gasteiger partial charge in [0.2, 0.25) is 5.95 Å². The van der Waals surface area contributed by atoms with Crippen LogP contribution in [0.1, 0.15) is 50.8 Å². The van der Waals surface area contributed by atoms with Crippen LogP contribution < -0.4 is 16.0 Å². The van der Waals surface area contributed by atoms with E-state index in [0.717, 1.165) is 63.2 Å². The van der Waals surface area contributed by atoms with E-state index in [1.807, 2.05) is 11.1 Å². The minimum atomic E-state index is -0.418. The van der Waals surface area contributed by atoms with Crippen LogP contribution in [0.3, 0.4) is 0 Å². The van der Waals surface area contributed by atoms with Crippen LogP contribution in [-0.4, -0.2) is 59.3 Å². The maximum absolute atomic E-state index is 12.9. The number of urea groups is 1. The largest absolute Gasteiger partial charge is 0.381 e. The molecule has 3 aliphatic heterocycles. The van der Waals surface area contributed by atoms with E-state index in [1.54, 1.807) is 0 Å². The summed E-state index contributed by atoms with van der Waals surface area (Å²) in [5.74, 6) is 0.648. The monoisotopic (exact) mass is 374 g/mol. The normalized spacial score (nSPS) is 25.1. The van der Waals surface area contributed by atoms with Gasteiger partial charge in [0.15, 0.2) is 0 Å². The number of amides is 2. The summed E-state index contributed by atoms with van der Waals surface area (Å²) in [5.41, 5.74) is 1.54. The molecule has 148 valence electrons. The molecule has 4 heterocycles. The minimum absolute atomic E-state index is 0.0226. The van der Waals surface area contributed by atoms with Crippen LogP contribution in [0.15, 0.2) is 6.20 Å². The first kappa shape index (κ1) is 18.4. The van der Waals surface area contributed by atoms with Gasteiger partial charge in [-0.15, -0.1) is 0 Å². The van der Waals surface area contributed by atoms with Gasteiger partial charge < -0.3 is 25.6 Å². The number of anilines is 1. The van der Waals surface area contributed by atoms with Crippen molar-refractivity contribution in [2.75, 3.05) is 31.6 Å². The Kier molecular flexibility index (Phi) is 5.19. The Labute approximate surface area is 160 Å². The van der Waals surface area contributed by atoms with E-state index < -0.39 is 5.54 Å². The molecule has 0 spiro atoms. The number of piperidine rings is 1. The van der Waals surface area contributed by atoms with Gasteiger partial charge in [-0.1, -0.05) is 0 Å². The maximum atomic E-state index is 12.9. The van der Waals surface area contributed by atoms with Crippen LogP contribution in [0.5, 0.6) is 0 Å². The summed E-state index contributed by atoms with van der Waals surface area (Å²) < 4.78 is 5.41. The molecule has 4 rings (SSSR count). The van der Waals surface area contributed by atoms with Gasteiger partial charge in [0.1, 0.15) is 0 Å². The summed E-state index contributed by atoms with van der Waals surface area (Å²) in [5, 5.41) is 9.94. The molecular weight excluding hydrogens is 344 g/mol. The molecule has 2 fully saturated rings. The van der Waals surface area contributed by atoms with Crippen molar-refractivity contribution in [1.82, 2.24) is 25.5 Å². The second-order valence-electron chi connectivity index (χ2n) is 8.22. The average Bonchev–Trinajstić information content (AvgIpc) is 2.94. The van der Waals surface area contributed by atoms with Crippen LogP contribution in [0.2, 0.25) is 0 Å². The van der Waals surface area contributed by atoms with Gasteiger partial charge in [0.05, 0.1) is 17.8 Å². The van der Waals surface area contributed by atoms with Gasteiger partial charge in [0.25, 0.3) is 0 Å². The molecule has 0 aliphatic carbocycles. The molecule has 8 nitrogen and oxygen atoms in total. The molecule has 1 atom stereocenters. The zero-order chi connectivity index (χ0) is 18.9. The van der Waals surface area contributed by atoms with Crippen LogP contribution in [0.25, 0.3) is 0 Å². The van der Waals surface area contributed by atoms with Gasteiger partial charge in [-0.2, -0.15) is 0 Å². The zero-order valence-corrected chi connectivity index (χ0v) is 16.3. The van der Waals surface area contributed by atoms with E-state index >= 15 is 0 Å². The fourth-order valence-electron chi connectivity index (χ4n) is 4.19. The number of aromatic nitrogens is 2. The summed E-state index contributed by atoms with van der Waals surface area (Å²) in [7, 11) is 0. The molecule has 27 heavy (non-hydrogen) atoms. The lowest BCUT2D eigenvalue weighted by Crippen LogP contribution is -2.52. The molecular formula is C19H30N6O2. The molecule has 2 amide bonds. The number of rotatable bonds is 3. The lowest BCUT2D eigenvalue weighted by Gasteiger charge is -2.34. The van der Waals surface area contributed by atoms with Crippen molar-refractivity contribution < 1.29 is 9.53 Å². The highest BCUT2D eigenvalue weighted by atomic mass is 16.5. The maximum Gasteiger partial charge on any atom is 0.318 e. The second kappa shape index (κ2) is 7.59. The van der Waals surface area contributed by atoms with Crippen molar-refractivity contribution in [2.45, 2.75) is 63.7 Å². The number of fused-ring (bicyclic) bond motifs is 1. The van der Waals surface area contributed by atoms with Crippen molar-refractivity contribution in [3.63, 3.8) is 0 Å². The van der Waals surface area contributed by atoms with Gasteiger partial charge in [-0.25, -0.2) is 14.8 Å². The number of carbonyl (C=O) groups excluding carboxylic acids is 1. The van der Waals surface area contributed by atoms with Gasteiger partial charge in [-0.05, 0) is 46.1 Å². The third kappa shape index (κ3) is 3.87.